The van der Waals surface area contributed by atoms with Crippen LogP contribution in [0.15, 0.2) is 48.7 Å². The Bertz CT molecular complexity index is 905. The number of carbonyl (C=O) groups excluding carboxylic acids is 1. The maximum absolute atomic E-state index is 12.6. The van der Waals surface area contributed by atoms with Crippen LogP contribution in [0.25, 0.3) is 11.0 Å². The molecule has 1 N–H and O–H groups in total. The molecule has 1 aliphatic rings. The maximum atomic E-state index is 12.6. The summed E-state index contributed by atoms with van der Waals surface area (Å²) in [5.41, 5.74) is 1.93. The summed E-state index contributed by atoms with van der Waals surface area (Å²) in [6.45, 7) is 4.02. The number of carbonyl (C=O) groups is 1. The van der Waals surface area contributed by atoms with E-state index in [0.717, 1.165) is 48.6 Å². The van der Waals surface area contributed by atoms with Crippen molar-refractivity contribution in [1.82, 2.24) is 19.9 Å². The lowest BCUT2D eigenvalue weighted by Crippen LogP contribution is -2.48. The minimum Gasteiger partial charge on any atom is -0.355 e. The first-order chi connectivity index (χ1) is 12.7. The highest BCUT2D eigenvalue weighted by Crippen LogP contribution is 2.18. The van der Waals surface area contributed by atoms with Crippen LogP contribution in [0, 0.1) is 6.92 Å². The second-order valence-electron chi connectivity index (χ2n) is 6.77. The van der Waals surface area contributed by atoms with Crippen LogP contribution in [0.2, 0.25) is 0 Å². The van der Waals surface area contributed by atoms with E-state index >= 15 is 0 Å². The molecule has 1 saturated heterocycles. The molecule has 1 fully saturated rings. The van der Waals surface area contributed by atoms with Crippen LogP contribution < -0.4 is 10.2 Å². The largest absolute Gasteiger partial charge is 0.355 e. The zero-order valence-electron chi connectivity index (χ0n) is 14.9. The number of para-hydroxylation sites is 2. The lowest BCUT2D eigenvalue weighted by molar-refractivity contribution is -0.122. The molecule has 1 aromatic carbocycles. The fraction of sp³-hybridized carbons (Fsp3) is 0.350. The van der Waals surface area contributed by atoms with E-state index in [2.05, 4.69) is 20.2 Å². The van der Waals surface area contributed by atoms with Crippen LogP contribution in [-0.2, 0) is 11.3 Å². The van der Waals surface area contributed by atoms with Gasteiger partial charge >= 0.3 is 0 Å². The minimum atomic E-state index is 0.0316. The molecular weight excluding hydrogens is 326 g/mol. The number of aryl methyl sites for hydroxylation is 1. The van der Waals surface area contributed by atoms with Gasteiger partial charge in [0.25, 0.3) is 0 Å². The Labute approximate surface area is 152 Å². The summed E-state index contributed by atoms with van der Waals surface area (Å²) in [6.07, 6.45) is 3.86. The molecule has 0 unspecified atom stereocenters. The van der Waals surface area contributed by atoms with Crippen LogP contribution in [0.4, 0.5) is 5.82 Å². The number of amides is 1. The Balaban J connectivity index is 1.42. The molecule has 0 radical (unpaired) electrons. The van der Waals surface area contributed by atoms with Crippen molar-refractivity contribution in [2.75, 3.05) is 18.0 Å². The molecule has 0 spiro atoms. The quantitative estimate of drug-likeness (QED) is 0.786. The molecule has 6 nitrogen and oxygen atoms in total. The Kier molecular flexibility index (Phi) is 4.56. The van der Waals surface area contributed by atoms with Crippen molar-refractivity contribution in [1.29, 1.82) is 0 Å². The number of hydrogen-bond acceptors (Lipinski definition) is 4. The van der Waals surface area contributed by atoms with Crippen LogP contribution >= 0.6 is 0 Å². The van der Waals surface area contributed by atoms with Crippen LogP contribution in [-0.4, -0.2) is 39.6 Å². The van der Waals surface area contributed by atoms with Gasteiger partial charge in [-0.1, -0.05) is 18.2 Å². The number of aromatic nitrogens is 3. The molecular formula is C20H23N5O. The highest BCUT2D eigenvalue weighted by Gasteiger charge is 2.22. The van der Waals surface area contributed by atoms with Crippen molar-refractivity contribution >= 4 is 22.8 Å². The number of hydrogen-bond donors (Lipinski definition) is 1. The zero-order chi connectivity index (χ0) is 17.9. The van der Waals surface area contributed by atoms with Gasteiger partial charge in [0.15, 0.2) is 0 Å². The second-order valence-corrected chi connectivity index (χ2v) is 6.77. The number of imidazole rings is 1. The first-order valence-corrected chi connectivity index (χ1v) is 9.08. The van der Waals surface area contributed by atoms with Gasteiger partial charge in [-0.3, -0.25) is 4.79 Å². The molecule has 1 amide bonds. The lowest BCUT2D eigenvalue weighted by Gasteiger charge is -2.34. The summed E-state index contributed by atoms with van der Waals surface area (Å²) < 4.78 is 1.98. The summed E-state index contributed by atoms with van der Waals surface area (Å²) >= 11 is 0. The van der Waals surface area contributed by atoms with E-state index in [-0.39, 0.29) is 11.9 Å². The number of fused-ring (bicyclic) bond motifs is 1. The second kappa shape index (κ2) is 7.15. The summed E-state index contributed by atoms with van der Waals surface area (Å²) in [6, 6.07) is 14.0. The van der Waals surface area contributed by atoms with Crippen molar-refractivity contribution in [2.24, 2.45) is 0 Å². The van der Waals surface area contributed by atoms with E-state index < -0.39 is 0 Å². The van der Waals surface area contributed by atoms with Crippen LogP contribution in [0.5, 0.6) is 0 Å². The first kappa shape index (κ1) is 16.6. The summed E-state index contributed by atoms with van der Waals surface area (Å²) in [4.78, 5) is 23.8. The van der Waals surface area contributed by atoms with Gasteiger partial charge < -0.3 is 14.8 Å². The lowest BCUT2D eigenvalue weighted by atomic mass is 10.1. The van der Waals surface area contributed by atoms with Crippen molar-refractivity contribution in [2.45, 2.75) is 32.4 Å². The summed E-state index contributed by atoms with van der Waals surface area (Å²) in [7, 11) is 0. The maximum Gasteiger partial charge on any atom is 0.240 e. The van der Waals surface area contributed by atoms with Crippen molar-refractivity contribution in [3.05, 3.63) is 54.5 Å². The number of pyridine rings is 1. The molecule has 1 atom stereocenters. The van der Waals surface area contributed by atoms with Crippen LogP contribution in [0.3, 0.4) is 0 Å². The molecule has 3 heterocycles. The number of nitrogens with one attached hydrogen (secondary N) is 1. The fourth-order valence-corrected chi connectivity index (χ4v) is 3.66. The monoisotopic (exact) mass is 349 g/mol. The molecule has 3 aromatic rings. The third-order valence-corrected chi connectivity index (χ3v) is 4.91. The molecule has 134 valence electrons. The first-order valence-electron chi connectivity index (χ1n) is 9.08. The van der Waals surface area contributed by atoms with E-state index in [1.165, 1.54) is 0 Å². The Morgan fingerprint density at radius 3 is 2.92 bits per heavy atom. The number of rotatable bonds is 4. The molecule has 6 heteroatoms. The highest BCUT2D eigenvalue weighted by molar-refractivity contribution is 5.81. The minimum absolute atomic E-state index is 0.0316. The Morgan fingerprint density at radius 2 is 2.08 bits per heavy atom. The third-order valence-electron chi connectivity index (χ3n) is 4.91. The van der Waals surface area contributed by atoms with E-state index in [1.807, 2.05) is 60.2 Å². The van der Waals surface area contributed by atoms with Gasteiger partial charge in [-0.2, -0.15) is 0 Å². The predicted octanol–water partition coefficient (Wildman–Crippen LogP) is 2.52. The summed E-state index contributed by atoms with van der Waals surface area (Å²) in [5.74, 6) is 1.87. The average molecular weight is 349 g/mol. The van der Waals surface area contributed by atoms with Crippen molar-refractivity contribution in [3.63, 3.8) is 0 Å². The predicted molar refractivity (Wildman–Crippen MR) is 102 cm³/mol. The standard InChI is InChI=1S/C20H23N5O/c1-15-22-17-8-2-3-9-18(17)25(15)14-20(26)23-16-7-6-12-24(13-16)19-10-4-5-11-21-19/h2-5,8-11,16H,6-7,12-14H2,1H3,(H,23,26)/t16-/m1/s1. The smallest absolute Gasteiger partial charge is 0.240 e. The number of nitrogens with zero attached hydrogens (tertiary/aromatic N) is 4. The average Bonchev–Trinajstić information content (AvgIpc) is 2.98. The van der Waals surface area contributed by atoms with E-state index in [9.17, 15) is 4.79 Å². The van der Waals surface area contributed by atoms with Gasteiger partial charge in [0.2, 0.25) is 5.91 Å². The molecule has 1 aliphatic heterocycles. The highest BCUT2D eigenvalue weighted by atomic mass is 16.2. The van der Waals surface area contributed by atoms with Crippen molar-refractivity contribution in [3.8, 4) is 0 Å². The number of benzene rings is 1. The van der Waals surface area contributed by atoms with Gasteiger partial charge in [-0.05, 0) is 44.0 Å². The van der Waals surface area contributed by atoms with Gasteiger partial charge in [0.05, 0.1) is 11.0 Å². The van der Waals surface area contributed by atoms with Gasteiger partial charge in [0, 0.05) is 25.3 Å². The zero-order valence-corrected chi connectivity index (χ0v) is 14.9. The van der Waals surface area contributed by atoms with E-state index in [1.54, 1.807) is 0 Å². The van der Waals surface area contributed by atoms with E-state index in [4.69, 9.17) is 0 Å². The number of piperidine rings is 1. The van der Waals surface area contributed by atoms with Gasteiger partial charge in [-0.25, -0.2) is 9.97 Å². The third kappa shape index (κ3) is 3.40. The SMILES string of the molecule is Cc1nc2ccccc2n1CC(=O)N[C@@H]1CCCN(c2ccccn2)C1. The van der Waals surface area contributed by atoms with Gasteiger partial charge in [-0.15, -0.1) is 0 Å². The van der Waals surface area contributed by atoms with Crippen molar-refractivity contribution < 1.29 is 4.79 Å². The molecule has 0 aliphatic carbocycles. The Hall–Kier alpha value is -2.89. The normalized spacial score (nSPS) is 17.4. The molecule has 0 bridgehead atoms. The van der Waals surface area contributed by atoms with Gasteiger partial charge in [0.1, 0.15) is 18.2 Å². The van der Waals surface area contributed by atoms with Crippen LogP contribution in [0.1, 0.15) is 18.7 Å². The molecule has 2 aromatic heterocycles. The topological polar surface area (TPSA) is 63.1 Å². The number of anilines is 1. The Morgan fingerprint density at radius 1 is 1.23 bits per heavy atom. The fourth-order valence-electron chi connectivity index (χ4n) is 3.66. The molecule has 0 saturated carbocycles. The molecule has 4 rings (SSSR count). The molecule has 26 heavy (non-hydrogen) atoms. The summed E-state index contributed by atoms with van der Waals surface area (Å²) in [5, 5.41) is 3.19. The van der Waals surface area contributed by atoms with E-state index in [0.29, 0.717) is 6.54 Å².